The molecule has 0 atom stereocenters. The number of aryl methyl sites for hydroxylation is 2. The number of benzene rings is 1. The Hall–Kier alpha value is -1.58. The van der Waals surface area contributed by atoms with E-state index in [0.717, 1.165) is 11.1 Å². The minimum absolute atomic E-state index is 0.418. The van der Waals surface area contributed by atoms with Gasteiger partial charge in [-0.15, -0.1) is 0 Å². The highest BCUT2D eigenvalue weighted by atomic mass is 16.8. The van der Waals surface area contributed by atoms with Gasteiger partial charge in [0.2, 0.25) is 11.0 Å². The summed E-state index contributed by atoms with van der Waals surface area (Å²) >= 11 is 0. The Morgan fingerprint density at radius 2 is 2.00 bits per heavy atom. The fraction of sp³-hybridized carbons (Fsp3) is 0.250. The molecule has 0 fully saturated rings. The lowest BCUT2D eigenvalue weighted by Crippen LogP contribution is -2.22. The highest BCUT2D eigenvalue weighted by Crippen LogP contribution is 2.13. The Morgan fingerprint density at radius 1 is 1.33 bits per heavy atom. The molecule has 12 heavy (non-hydrogen) atoms. The summed E-state index contributed by atoms with van der Waals surface area (Å²) in [5, 5.41) is 14.5. The molecule has 4 nitrogen and oxygen atoms in total. The van der Waals surface area contributed by atoms with Crippen LogP contribution in [0.25, 0.3) is 11.0 Å². The van der Waals surface area contributed by atoms with Crippen molar-refractivity contribution >= 4 is 11.0 Å². The Bertz CT molecular complexity index is 434. The summed E-state index contributed by atoms with van der Waals surface area (Å²) < 4.78 is 4.44. The molecule has 1 aromatic heterocycles. The summed E-state index contributed by atoms with van der Waals surface area (Å²) in [6.07, 6.45) is 0. The van der Waals surface area contributed by atoms with Gasteiger partial charge in [-0.05, 0) is 42.0 Å². The van der Waals surface area contributed by atoms with E-state index in [9.17, 15) is 5.21 Å². The van der Waals surface area contributed by atoms with Crippen LogP contribution < -0.4 is 4.90 Å². The smallest absolute Gasteiger partial charge is 0.248 e. The maximum atomic E-state index is 10.9. The second-order valence-corrected chi connectivity index (χ2v) is 2.86. The molecule has 0 aliphatic carbocycles. The average molecular weight is 164 g/mol. The Balaban J connectivity index is 2.87. The van der Waals surface area contributed by atoms with Crippen LogP contribution in [0.3, 0.4) is 0 Å². The van der Waals surface area contributed by atoms with Gasteiger partial charge in [-0.1, -0.05) is 0 Å². The highest BCUT2D eigenvalue weighted by Gasteiger charge is 2.09. The third kappa shape index (κ3) is 0.845. The minimum atomic E-state index is 0.418. The number of hydrogen-bond donors (Lipinski definition) is 0. The molecule has 0 unspecified atom stereocenters. The van der Waals surface area contributed by atoms with Crippen LogP contribution in [-0.2, 0) is 0 Å². The summed E-state index contributed by atoms with van der Waals surface area (Å²) in [5.41, 5.74) is 3.26. The van der Waals surface area contributed by atoms with Gasteiger partial charge in [-0.3, -0.25) is 4.63 Å². The van der Waals surface area contributed by atoms with E-state index >= 15 is 0 Å². The van der Waals surface area contributed by atoms with Gasteiger partial charge in [0.05, 0.1) is 0 Å². The van der Waals surface area contributed by atoms with Gasteiger partial charge in [0.1, 0.15) is 0 Å². The van der Waals surface area contributed by atoms with Gasteiger partial charge in [0.25, 0.3) is 0 Å². The first-order chi connectivity index (χ1) is 5.68. The summed E-state index contributed by atoms with van der Waals surface area (Å²) in [6.45, 7) is 3.92. The first-order valence-electron chi connectivity index (χ1n) is 3.65. The largest absolute Gasteiger partial charge is 0.359 e. The first kappa shape index (κ1) is 7.09. The molecule has 1 aromatic carbocycles. The molecule has 2 rings (SSSR count). The Morgan fingerprint density at radius 3 is 2.75 bits per heavy atom. The molecule has 0 amide bonds. The lowest BCUT2D eigenvalue weighted by atomic mass is 10.1. The van der Waals surface area contributed by atoms with Crippen molar-refractivity contribution in [2.75, 3.05) is 0 Å². The Labute approximate surface area is 68.9 Å². The monoisotopic (exact) mass is 164 g/mol. The molecular weight excluding hydrogens is 156 g/mol. The average Bonchev–Trinajstić information content (AvgIpc) is 2.35. The van der Waals surface area contributed by atoms with Crippen LogP contribution in [0, 0.1) is 19.1 Å². The van der Waals surface area contributed by atoms with Gasteiger partial charge in [0, 0.05) is 5.16 Å². The molecule has 2 aromatic rings. The van der Waals surface area contributed by atoms with Crippen LogP contribution in [-0.4, -0.2) is 5.16 Å². The maximum Gasteiger partial charge on any atom is 0.248 e. The van der Waals surface area contributed by atoms with Crippen LogP contribution >= 0.6 is 0 Å². The van der Waals surface area contributed by atoms with Crippen molar-refractivity contribution in [3.05, 3.63) is 28.5 Å². The summed E-state index contributed by atoms with van der Waals surface area (Å²) in [7, 11) is 0. The van der Waals surface area contributed by atoms with E-state index in [-0.39, 0.29) is 0 Å². The molecule has 0 aliphatic rings. The lowest BCUT2D eigenvalue weighted by molar-refractivity contribution is -0.782. The molecule has 4 heteroatoms. The van der Waals surface area contributed by atoms with Gasteiger partial charge in [-0.2, -0.15) is 0 Å². The van der Waals surface area contributed by atoms with E-state index in [4.69, 9.17) is 0 Å². The zero-order valence-corrected chi connectivity index (χ0v) is 6.87. The molecule has 0 spiro atoms. The van der Waals surface area contributed by atoms with Crippen molar-refractivity contribution < 1.29 is 9.53 Å². The van der Waals surface area contributed by atoms with Crippen LogP contribution in [0.15, 0.2) is 16.8 Å². The van der Waals surface area contributed by atoms with Gasteiger partial charge in [-0.25, -0.2) is 0 Å². The van der Waals surface area contributed by atoms with Crippen molar-refractivity contribution in [3.63, 3.8) is 0 Å². The molecule has 1 heterocycles. The van der Waals surface area contributed by atoms with Crippen molar-refractivity contribution in [1.29, 1.82) is 0 Å². The van der Waals surface area contributed by atoms with E-state index < -0.39 is 0 Å². The number of rotatable bonds is 0. The number of hydrogen-bond acceptors (Lipinski definition) is 3. The molecule has 0 radical (unpaired) electrons. The number of aromatic nitrogens is 2. The third-order valence-electron chi connectivity index (χ3n) is 2.00. The van der Waals surface area contributed by atoms with Crippen LogP contribution in [0.2, 0.25) is 0 Å². The van der Waals surface area contributed by atoms with Crippen molar-refractivity contribution in [2.24, 2.45) is 0 Å². The zero-order chi connectivity index (χ0) is 8.72. The van der Waals surface area contributed by atoms with E-state index in [1.54, 1.807) is 6.07 Å². The van der Waals surface area contributed by atoms with E-state index in [0.29, 0.717) is 15.9 Å². The number of nitrogens with zero attached hydrogens (tertiary/aromatic N) is 2. The summed E-state index contributed by atoms with van der Waals surface area (Å²) in [4.78, 5) is 0.418. The normalized spacial score (nSPS) is 10.8. The zero-order valence-electron chi connectivity index (χ0n) is 6.87. The van der Waals surface area contributed by atoms with E-state index in [2.05, 4.69) is 9.79 Å². The fourth-order valence-corrected chi connectivity index (χ4v) is 1.13. The standard InChI is InChI=1S/C8H8N2O2/c1-5-3-7-8(4-6(5)2)10(11)12-9-7/h3-4H,1-2H3. The van der Waals surface area contributed by atoms with Crippen LogP contribution in [0.4, 0.5) is 0 Å². The second-order valence-electron chi connectivity index (χ2n) is 2.86. The molecule has 0 bridgehead atoms. The van der Waals surface area contributed by atoms with Crippen LogP contribution in [0.5, 0.6) is 0 Å². The van der Waals surface area contributed by atoms with Crippen molar-refractivity contribution in [3.8, 4) is 0 Å². The van der Waals surface area contributed by atoms with Gasteiger partial charge in [0.15, 0.2) is 0 Å². The minimum Gasteiger partial charge on any atom is -0.359 e. The predicted molar refractivity (Wildman–Crippen MR) is 42.4 cm³/mol. The Kier molecular flexibility index (Phi) is 1.30. The maximum absolute atomic E-state index is 10.9. The number of fused-ring (bicyclic) bond motifs is 1. The quantitative estimate of drug-likeness (QED) is 0.547. The molecule has 62 valence electrons. The molecule has 0 saturated heterocycles. The molecule has 0 saturated carbocycles. The highest BCUT2D eigenvalue weighted by molar-refractivity contribution is 5.72. The van der Waals surface area contributed by atoms with Gasteiger partial charge >= 0.3 is 0 Å². The summed E-state index contributed by atoms with van der Waals surface area (Å²) in [6, 6.07) is 3.61. The second kappa shape index (κ2) is 2.20. The van der Waals surface area contributed by atoms with E-state index in [1.807, 2.05) is 19.9 Å². The molecule has 0 aliphatic heterocycles. The third-order valence-corrected chi connectivity index (χ3v) is 2.00. The lowest BCUT2D eigenvalue weighted by Gasteiger charge is -1.94. The molecule has 0 N–H and O–H groups in total. The summed E-state index contributed by atoms with van der Waals surface area (Å²) in [5.74, 6) is 0. The topological polar surface area (TPSA) is 53.0 Å². The first-order valence-corrected chi connectivity index (χ1v) is 3.65. The van der Waals surface area contributed by atoms with Crippen molar-refractivity contribution in [2.45, 2.75) is 13.8 Å². The SMILES string of the molecule is Cc1cc2no[n+]([O-])c2cc1C. The van der Waals surface area contributed by atoms with Gasteiger partial charge < -0.3 is 5.21 Å². The predicted octanol–water partition coefficient (Wildman–Crippen LogP) is 1.08. The van der Waals surface area contributed by atoms with Crippen molar-refractivity contribution in [1.82, 2.24) is 5.16 Å². The van der Waals surface area contributed by atoms with E-state index in [1.165, 1.54) is 0 Å². The fourth-order valence-electron chi connectivity index (χ4n) is 1.13. The van der Waals surface area contributed by atoms with Crippen LogP contribution in [0.1, 0.15) is 11.1 Å². The molecular formula is C8H8N2O2.